The molecule has 0 aliphatic carbocycles. The highest BCUT2D eigenvalue weighted by Gasteiger charge is 2.04. The van der Waals surface area contributed by atoms with Crippen molar-refractivity contribution in [3.8, 4) is 0 Å². The molecular weight excluding hydrogens is 301 g/mol. The molecule has 6 heteroatoms. The van der Waals surface area contributed by atoms with E-state index in [1.54, 1.807) is 18.2 Å². The molecular formula is C14H15Cl2NO3. The van der Waals surface area contributed by atoms with E-state index in [-0.39, 0.29) is 12.5 Å². The molecule has 20 heavy (non-hydrogen) atoms. The molecule has 1 aromatic carbocycles. The highest BCUT2D eigenvalue weighted by atomic mass is 35.5. The minimum atomic E-state index is -0.595. The first-order valence-corrected chi connectivity index (χ1v) is 6.85. The molecule has 0 saturated carbocycles. The topological polar surface area (TPSA) is 55.4 Å². The summed E-state index contributed by atoms with van der Waals surface area (Å²) in [6.07, 6.45) is 3.60. The fourth-order valence-electron chi connectivity index (χ4n) is 1.28. The van der Waals surface area contributed by atoms with Crippen molar-refractivity contribution in [1.82, 2.24) is 5.32 Å². The van der Waals surface area contributed by atoms with E-state index in [2.05, 4.69) is 5.32 Å². The Balaban J connectivity index is 2.43. The Labute approximate surface area is 127 Å². The molecule has 0 radical (unpaired) electrons. The Kier molecular flexibility index (Phi) is 7.12. The molecule has 0 aliphatic heterocycles. The van der Waals surface area contributed by atoms with E-state index >= 15 is 0 Å². The minimum absolute atomic E-state index is 0.287. The van der Waals surface area contributed by atoms with Crippen LogP contribution < -0.4 is 5.32 Å². The first-order chi connectivity index (χ1) is 9.52. The van der Waals surface area contributed by atoms with Crippen LogP contribution >= 0.6 is 23.2 Å². The quantitative estimate of drug-likeness (QED) is 0.648. The van der Waals surface area contributed by atoms with Gasteiger partial charge >= 0.3 is 5.97 Å². The van der Waals surface area contributed by atoms with Crippen molar-refractivity contribution in [2.24, 2.45) is 0 Å². The first kappa shape index (κ1) is 16.5. The summed E-state index contributed by atoms with van der Waals surface area (Å²) in [6, 6.07) is 4.97. The maximum absolute atomic E-state index is 11.4. The van der Waals surface area contributed by atoms with Gasteiger partial charge in [-0.2, -0.15) is 0 Å². The summed E-state index contributed by atoms with van der Waals surface area (Å²) in [5.74, 6) is -0.911. The van der Waals surface area contributed by atoms with Gasteiger partial charge in [0.15, 0.2) is 6.61 Å². The molecule has 0 heterocycles. The molecule has 4 nitrogen and oxygen atoms in total. The van der Waals surface area contributed by atoms with Crippen LogP contribution in [0.1, 0.15) is 18.9 Å². The number of amides is 1. The van der Waals surface area contributed by atoms with Gasteiger partial charge in [-0.15, -0.1) is 0 Å². The van der Waals surface area contributed by atoms with Crippen molar-refractivity contribution >= 4 is 41.2 Å². The van der Waals surface area contributed by atoms with Crippen LogP contribution in [0.5, 0.6) is 0 Å². The van der Waals surface area contributed by atoms with E-state index in [1.165, 1.54) is 12.2 Å². The second kappa shape index (κ2) is 8.61. The molecule has 0 aliphatic rings. The highest BCUT2D eigenvalue weighted by Crippen LogP contribution is 2.23. The van der Waals surface area contributed by atoms with E-state index < -0.39 is 5.97 Å². The summed E-state index contributed by atoms with van der Waals surface area (Å²) < 4.78 is 4.78. The predicted molar refractivity (Wildman–Crippen MR) is 79.8 cm³/mol. The lowest BCUT2D eigenvalue weighted by atomic mass is 10.2. The molecule has 0 atom stereocenters. The lowest BCUT2D eigenvalue weighted by molar-refractivity contribution is -0.143. The minimum Gasteiger partial charge on any atom is -0.452 e. The van der Waals surface area contributed by atoms with Gasteiger partial charge in [0.1, 0.15) is 0 Å². The van der Waals surface area contributed by atoms with Gasteiger partial charge in [-0.3, -0.25) is 4.79 Å². The second-order valence-electron chi connectivity index (χ2n) is 3.96. The lowest BCUT2D eigenvalue weighted by Gasteiger charge is -2.03. The van der Waals surface area contributed by atoms with Gasteiger partial charge < -0.3 is 10.1 Å². The van der Waals surface area contributed by atoms with E-state index in [4.69, 9.17) is 27.9 Å². The Morgan fingerprint density at radius 2 is 2.05 bits per heavy atom. The average Bonchev–Trinajstić information content (AvgIpc) is 2.44. The van der Waals surface area contributed by atoms with E-state index in [0.717, 1.165) is 6.42 Å². The third-order valence-electron chi connectivity index (χ3n) is 2.27. The Morgan fingerprint density at radius 1 is 1.30 bits per heavy atom. The van der Waals surface area contributed by atoms with Crippen molar-refractivity contribution in [2.45, 2.75) is 13.3 Å². The molecule has 0 aromatic heterocycles. The van der Waals surface area contributed by atoms with Crippen molar-refractivity contribution in [2.75, 3.05) is 13.2 Å². The Hall–Kier alpha value is -1.52. The van der Waals surface area contributed by atoms with Gasteiger partial charge in [-0.05, 0) is 30.2 Å². The third-order valence-corrected chi connectivity index (χ3v) is 3.01. The SMILES string of the molecule is CCCNC(=O)COC(=O)/C=C/c1ccc(Cl)c(Cl)c1. The Bertz CT molecular complexity index is 515. The smallest absolute Gasteiger partial charge is 0.331 e. The zero-order valence-electron chi connectivity index (χ0n) is 11.0. The van der Waals surface area contributed by atoms with Crippen molar-refractivity contribution in [1.29, 1.82) is 0 Å². The predicted octanol–water partition coefficient (Wildman–Crippen LogP) is 3.08. The normalized spacial score (nSPS) is 10.6. The Morgan fingerprint density at radius 3 is 2.70 bits per heavy atom. The number of hydrogen-bond acceptors (Lipinski definition) is 3. The van der Waals surface area contributed by atoms with Crippen LogP contribution in [0.2, 0.25) is 10.0 Å². The molecule has 108 valence electrons. The number of hydrogen-bond donors (Lipinski definition) is 1. The molecule has 0 bridgehead atoms. The molecule has 1 aromatic rings. The maximum Gasteiger partial charge on any atom is 0.331 e. The summed E-state index contributed by atoms with van der Waals surface area (Å²) in [6.45, 7) is 2.21. The number of nitrogens with one attached hydrogen (secondary N) is 1. The largest absolute Gasteiger partial charge is 0.452 e. The number of ether oxygens (including phenoxy) is 1. The van der Waals surface area contributed by atoms with Gasteiger partial charge in [-0.25, -0.2) is 4.79 Å². The van der Waals surface area contributed by atoms with Gasteiger partial charge in [0.25, 0.3) is 5.91 Å². The van der Waals surface area contributed by atoms with E-state index in [0.29, 0.717) is 22.2 Å². The number of carbonyl (C=O) groups is 2. The number of rotatable bonds is 6. The van der Waals surface area contributed by atoms with Crippen molar-refractivity contribution in [3.63, 3.8) is 0 Å². The van der Waals surface area contributed by atoms with Crippen LogP contribution in [0, 0.1) is 0 Å². The number of carbonyl (C=O) groups excluding carboxylic acids is 2. The molecule has 0 saturated heterocycles. The highest BCUT2D eigenvalue weighted by molar-refractivity contribution is 6.42. The van der Waals surface area contributed by atoms with E-state index in [9.17, 15) is 9.59 Å². The van der Waals surface area contributed by atoms with Crippen molar-refractivity contribution < 1.29 is 14.3 Å². The molecule has 0 fully saturated rings. The molecule has 0 unspecified atom stereocenters. The lowest BCUT2D eigenvalue weighted by Crippen LogP contribution is -2.28. The van der Waals surface area contributed by atoms with Gasteiger partial charge in [0, 0.05) is 12.6 Å². The average molecular weight is 316 g/mol. The van der Waals surface area contributed by atoms with Gasteiger partial charge in [0.05, 0.1) is 10.0 Å². The summed E-state index contributed by atoms with van der Waals surface area (Å²) in [7, 11) is 0. The zero-order chi connectivity index (χ0) is 15.0. The fraction of sp³-hybridized carbons (Fsp3) is 0.286. The van der Waals surface area contributed by atoms with Crippen LogP contribution in [0.4, 0.5) is 0 Å². The van der Waals surface area contributed by atoms with Crippen LogP contribution in [0.15, 0.2) is 24.3 Å². The van der Waals surface area contributed by atoms with E-state index in [1.807, 2.05) is 6.92 Å². The monoisotopic (exact) mass is 315 g/mol. The summed E-state index contributed by atoms with van der Waals surface area (Å²) in [5, 5.41) is 3.45. The molecule has 0 spiro atoms. The molecule has 1 amide bonds. The molecule has 1 N–H and O–H groups in total. The number of esters is 1. The third kappa shape index (κ3) is 6.08. The van der Waals surface area contributed by atoms with Crippen LogP contribution in [0.25, 0.3) is 6.08 Å². The molecule has 1 rings (SSSR count). The number of halogens is 2. The summed E-state index contributed by atoms with van der Waals surface area (Å²) >= 11 is 11.6. The van der Waals surface area contributed by atoms with Crippen LogP contribution in [-0.4, -0.2) is 25.0 Å². The standard InChI is InChI=1S/C14H15Cl2NO3/c1-2-7-17-13(18)9-20-14(19)6-4-10-3-5-11(15)12(16)8-10/h3-6,8H,2,7,9H2,1H3,(H,17,18)/b6-4+. The van der Waals surface area contributed by atoms with Crippen molar-refractivity contribution in [3.05, 3.63) is 39.9 Å². The zero-order valence-corrected chi connectivity index (χ0v) is 12.5. The maximum atomic E-state index is 11.4. The van der Waals surface area contributed by atoms with Gasteiger partial charge in [0.2, 0.25) is 0 Å². The number of benzene rings is 1. The second-order valence-corrected chi connectivity index (χ2v) is 4.78. The van der Waals surface area contributed by atoms with Gasteiger partial charge in [-0.1, -0.05) is 36.2 Å². The summed E-state index contributed by atoms with van der Waals surface area (Å²) in [5.41, 5.74) is 0.715. The van der Waals surface area contributed by atoms with Crippen LogP contribution in [-0.2, 0) is 14.3 Å². The van der Waals surface area contributed by atoms with Crippen LogP contribution in [0.3, 0.4) is 0 Å². The fourth-order valence-corrected chi connectivity index (χ4v) is 1.59. The summed E-state index contributed by atoms with van der Waals surface area (Å²) in [4.78, 5) is 22.6. The first-order valence-electron chi connectivity index (χ1n) is 6.09.